The Labute approximate surface area is 134 Å². The number of hydrogen-bond donors (Lipinski definition) is 2. The zero-order chi connectivity index (χ0) is 16.7. The fourth-order valence-corrected chi connectivity index (χ4v) is 1.93. The first-order chi connectivity index (χ1) is 11.1. The van der Waals surface area contributed by atoms with Crippen LogP contribution in [-0.2, 0) is 4.79 Å². The molecule has 0 aromatic heterocycles. The lowest BCUT2D eigenvalue weighted by Crippen LogP contribution is -2.24. The number of benzene rings is 2. The minimum absolute atomic E-state index is 0.158. The zero-order valence-corrected chi connectivity index (χ0v) is 13.0. The first-order valence-corrected chi connectivity index (χ1v) is 7.02. The molecule has 23 heavy (non-hydrogen) atoms. The molecule has 0 aliphatic rings. The van der Waals surface area contributed by atoms with E-state index >= 15 is 0 Å². The Morgan fingerprint density at radius 2 is 1.65 bits per heavy atom. The number of carbonyl (C=O) groups excluding carboxylic acids is 2. The molecule has 0 heterocycles. The average molecular weight is 314 g/mol. The number of methoxy groups -OCH3 is 1. The molecule has 0 aliphatic heterocycles. The van der Waals surface area contributed by atoms with Gasteiger partial charge in [0.25, 0.3) is 11.8 Å². The number of amides is 2. The van der Waals surface area contributed by atoms with Gasteiger partial charge in [-0.3, -0.25) is 9.59 Å². The van der Waals surface area contributed by atoms with Gasteiger partial charge in [-0.05, 0) is 36.4 Å². The Morgan fingerprint density at radius 1 is 1.00 bits per heavy atom. The van der Waals surface area contributed by atoms with Crippen LogP contribution in [0.15, 0.2) is 48.5 Å². The lowest BCUT2D eigenvalue weighted by atomic mass is 10.1. The second-order valence-electron chi connectivity index (χ2n) is 4.64. The highest BCUT2D eigenvalue weighted by atomic mass is 16.5. The first-order valence-electron chi connectivity index (χ1n) is 7.02. The van der Waals surface area contributed by atoms with Crippen molar-refractivity contribution >= 4 is 17.5 Å². The van der Waals surface area contributed by atoms with Crippen molar-refractivity contribution in [1.29, 1.82) is 0 Å². The van der Waals surface area contributed by atoms with Crippen LogP contribution < -0.4 is 20.1 Å². The summed E-state index contributed by atoms with van der Waals surface area (Å²) in [7, 11) is 3.11. The van der Waals surface area contributed by atoms with Gasteiger partial charge in [-0.2, -0.15) is 0 Å². The highest BCUT2D eigenvalue weighted by molar-refractivity contribution is 6.03. The molecule has 0 unspecified atom stereocenters. The maximum atomic E-state index is 12.0. The standard InChI is InChI=1S/C17H18N2O4/c1-18-17(21)14-5-3-4-6-15(14)19-16(20)11-23-13-9-7-12(22-2)8-10-13/h3-10H,11H2,1-2H3,(H,18,21)(H,19,20). The third kappa shape index (κ3) is 4.47. The molecule has 6 nitrogen and oxygen atoms in total. The molecule has 2 aromatic carbocycles. The fraction of sp³-hybridized carbons (Fsp3) is 0.176. The second-order valence-corrected chi connectivity index (χ2v) is 4.64. The Kier molecular flexibility index (Phi) is 5.57. The highest BCUT2D eigenvalue weighted by Gasteiger charge is 2.12. The number of nitrogens with one attached hydrogen (secondary N) is 2. The van der Waals surface area contributed by atoms with Crippen LogP contribution >= 0.6 is 0 Å². The van der Waals surface area contributed by atoms with Crippen LogP contribution in [0.25, 0.3) is 0 Å². The second kappa shape index (κ2) is 7.84. The SMILES string of the molecule is CNC(=O)c1ccccc1NC(=O)COc1ccc(OC)cc1. The Morgan fingerprint density at radius 3 is 2.30 bits per heavy atom. The molecule has 2 amide bonds. The minimum Gasteiger partial charge on any atom is -0.497 e. The first kappa shape index (κ1) is 16.4. The van der Waals surface area contributed by atoms with E-state index in [0.29, 0.717) is 22.7 Å². The van der Waals surface area contributed by atoms with Crippen molar-refractivity contribution in [2.24, 2.45) is 0 Å². The van der Waals surface area contributed by atoms with Gasteiger partial charge < -0.3 is 20.1 Å². The topological polar surface area (TPSA) is 76.7 Å². The van der Waals surface area contributed by atoms with Crippen molar-refractivity contribution in [2.75, 3.05) is 26.1 Å². The molecule has 0 radical (unpaired) electrons. The summed E-state index contributed by atoms with van der Waals surface area (Å²) in [6.45, 7) is -0.158. The average Bonchev–Trinajstić information content (AvgIpc) is 2.60. The van der Waals surface area contributed by atoms with Crippen LogP contribution in [0.2, 0.25) is 0 Å². The third-order valence-corrected chi connectivity index (χ3v) is 3.10. The molecule has 2 aromatic rings. The molecular formula is C17H18N2O4. The largest absolute Gasteiger partial charge is 0.497 e. The number of carbonyl (C=O) groups is 2. The van der Waals surface area contributed by atoms with Crippen molar-refractivity contribution in [3.8, 4) is 11.5 Å². The van der Waals surface area contributed by atoms with E-state index in [2.05, 4.69) is 10.6 Å². The molecule has 0 aliphatic carbocycles. The molecule has 6 heteroatoms. The predicted molar refractivity (Wildman–Crippen MR) is 87.0 cm³/mol. The maximum absolute atomic E-state index is 12.0. The lowest BCUT2D eigenvalue weighted by Gasteiger charge is -2.11. The van der Waals surface area contributed by atoms with Crippen LogP contribution in [0, 0.1) is 0 Å². The van der Waals surface area contributed by atoms with Crippen LogP contribution in [0.1, 0.15) is 10.4 Å². The molecule has 0 fully saturated rings. The summed E-state index contributed by atoms with van der Waals surface area (Å²) in [4.78, 5) is 23.7. The van der Waals surface area contributed by atoms with Gasteiger partial charge in [0.2, 0.25) is 0 Å². The van der Waals surface area contributed by atoms with E-state index in [1.54, 1.807) is 55.6 Å². The van der Waals surface area contributed by atoms with Crippen molar-refractivity contribution in [1.82, 2.24) is 5.32 Å². The van der Waals surface area contributed by atoms with Crippen molar-refractivity contribution in [3.63, 3.8) is 0 Å². The summed E-state index contributed by atoms with van der Waals surface area (Å²) in [6.07, 6.45) is 0. The van der Waals surface area contributed by atoms with Gasteiger partial charge in [0.1, 0.15) is 11.5 Å². The molecule has 0 bridgehead atoms. The van der Waals surface area contributed by atoms with Gasteiger partial charge in [0, 0.05) is 7.05 Å². The highest BCUT2D eigenvalue weighted by Crippen LogP contribution is 2.18. The number of ether oxygens (including phenoxy) is 2. The van der Waals surface area contributed by atoms with Gasteiger partial charge in [0.15, 0.2) is 6.61 Å². The van der Waals surface area contributed by atoms with E-state index in [1.165, 1.54) is 7.05 Å². The van der Waals surface area contributed by atoms with E-state index in [4.69, 9.17) is 9.47 Å². The third-order valence-electron chi connectivity index (χ3n) is 3.10. The Hall–Kier alpha value is -3.02. The number of rotatable bonds is 6. The molecule has 120 valence electrons. The van der Waals surface area contributed by atoms with E-state index in [9.17, 15) is 9.59 Å². The van der Waals surface area contributed by atoms with Gasteiger partial charge in [-0.25, -0.2) is 0 Å². The minimum atomic E-state index is -0.350. The van der Waals surface area contributed by atoms with Crippen molar-refractivity contribution in [2.45, 2.75) is 0 Å². The predicted octanol–water partition coefficient (Wildman–Crippen LogP) is 2.07. The van der Waals surface area contributed by atoms with E-state index in [1.807, 2.05) is 0 Å². The Bertz CT molecular complexity index is 683. The summed E-state index contributed by atoms with van der Waals surface area (Å²) >= 11 is 0. The van der Waals surface area contributed by atoms with Crippen LogP contribution in [0.5, 0.6) is 11.5 Å². The number of anilines is 1. The summed E-state index contributed by atoms with van der Waals surface area (Å²) < 4.78 is 10.4. The molecular weight excluding hydrogens is 296 g/mol. The summed E-state index contributed by atoms with van der Waals surface area (Å²) in [5.41, 5.74) is 0.836. The molecule has 0 saturated carbocycles. The lowest BCUT2D eigenvalue weighted by molar-refractivity contribution is -0.118. The maximum Gasteiger partial charge on any atom is 0.262 e. The normalized spacial score (nSPS) is 9.83. The van der Waals surface area contributed by atoms with Crippen LogP contribution in [0.3, 0.4) is 0 Å². The van der Waals surface area contributed by atoms with E-state index < -0.39 is 0 Å². The van der Waals surface area contributed by atoms with E-state index in [-0.39, 0.29) is 18.4 Å². The van der Waals surface area contributed by atoms with Crippen LogP contribution in [0.4, 0.5) is 5.69 Å². The van der Waals surface area contributed by atoms with Gasteiger partial charge in [-0.15, -0.1) is 0 Å². The summed E-state index contributed by atoms with van der Waals surface area (Å²) in [5.74, 6) is 0.649. The van der Waals surface area contributed by atoms with Gasteiger partial charge in [0.05, 0.1) is 18.4 Å². The Balaban J connectivity index is 1.95. The molecule has 2 N–H and O–H groups in total. The van der Waals surface area contributed by atoms with Gasteiger partial charge in [-0.1, -0.05) is 12.1 Å². The number of para-hydroxylation sites is 1. The molecule has 0 atom stereocenters. The smallest absolute Gasteiger partial charge is 0.262 e. The van der Waals surface area contributed by atoms with Crippen LogP contribution in [-0.4, -0.2) is 32.6 Å². The van der Waals surface area contributed by atoms with Gasteiger partial charge >= 0.3 is 0 Å². The van der Waals surface area contributed by atoms with E-state index in [0.717, 1.165) is 0 Å². The molecule has 2 rings (SSSR count). The quantitative estimate of drug-likeness (QED) is 0.856. The summed E-state index contributed by atoms with van der Waals surface area (Å²) in [5, 5.41) is 5.20. The zero-order valence-electron chi connectivity index (χ0n) is 13.0. The summed E-state index contributed by atoms with van der Waals surface area (Å²) in [6, 6.07) is 13.7. The molecule has 0 spiro atoms. The van der Waals surface area contributed by atoms with Crippen molar-refractivity contribution in [3.05, 3.63) is 54.1 Å². The molecule has 0 saturated heterocycles. The monoisotopic (exact) mass is 314 g/mol. The van der Waals surface area contributed by atoms with Crippen molar-refractivity contribution < 1.29 is 19.1 Å². The number of hydrogen-bond acceptors (Lipinski definition) is 4. The fourth-order valence-electron chi connectivity index (χ4n) is 1.93.